The van der Waals surface area contributed by atoms with Gasteiger partial charge in [-0.25, -0.2) is 0 Å². The summed E-state index contributed by atoms with van der Waals surface area (Å²) >= 11 is 0. The smallest absolute Gasteiger partial charge is 0.269 e. The van der Waals surface area contributed by atoms with Gasteiger partial charge in [-0.2, -0.15) is 0 Å². The highest BCUT2D eigenvalue weighted by Gasteiger charge is 2.30. The van der Waals surface area contributed by atoms with Crippen LogP contribution in [0, 0.1) is 10.1 Å². The zero-order chi connectivity index (χ0) is 20.9. The van der Waals surface area contributed by atoms with E-state index >= 15 is 0 Å². The standard InChI is InChI=1S/C23H28N4O3.2ClH/c28-23(19-8-10-20(11-9-19)27(29)30)24-13-3-4-14-25-15-16-26-21(17-25)12-7-18-5-1-2-6-22(18)26;;/h1-2,5-6,8-11,21H,3-4,7,12-17H2,(H,24,28);2*1H. The number of hydrogen-bond donors (Lipinski definition) is 1. The van der Waals surface area contributed by atoms with E-state index in [9.17, 15) is 14.9 Å². The van der Waals surface area contributed by atoms with Gasteiger partial charge in [0.2, 0.25) is 0 Å². The fraction of sp³-hybridized carbons (Fsp3) is 0.435. The summed E-state index contributed by atoms with van der Waals surface area (Å²) < 4.78 is 0. The molecule has 174 valence electrons. The second-order valence-electron chi connectivity index (χ2n) is 8.08. The number of nitro groups is 1. The number of rotatable bonds is 7. The minimum Gasteiger partial charge on any atom is -0.366 e. The van der Waals surface area contributed by atoms with Gasteiger partial charge in [-0.3, -0.25) is 19.8 Å². The molecule has 1 N–H and O–H groups in total. The molecule has 0 radical (unpaired) electrons. The van der Waals surface area contributed by atoms with Gasteiger partial charge >= 0.3 is 0 Å². The Kier molecular flexibility index (Phi) is 9.75. The van der Waals surface area contributed by atoms with Crippen LogP contribution in [0.3, 0.4) is 0 Å². The molecule has 0 aliphatic carbocycles. The first-order valence-corrected chi connectivity index (χ1v) is 10.7. The molecule has 0 spiro atoms. The Morgan fingerprint density at radius 2 is 1.81 bits per heavy atom. The fourth-order valence-electron chi connectivity index (χ4n) is 4.51. The van der Waals surface area contributed by atoms with Crippen LogP contribution in [0.4, 0.5) is 11.4 Å². The molecule has 1 saturated heterocycles. The molecule has 1 unspecified atom stereocenters. The number of non-ortho nitro benzene ring substituents is 1. The largest absolute Gasteiger partial charge is 0.366 e. The van der Waals surface area contributed by atoms with E-state index in [4.69, 9.17) is 0 Å². The van der Waals surface area contributed by atoms with E-state index in [0.29, 0.717) is 18.2 Å². The average Bonchev–Trinajstić information content (AvgIpc) is 2.78. The van der Waals surface area contributed by atoms with Gasteiger partial charge in [0.05, 0.1) is 4.92 Å². The van der Waals surface area contributed by atoms with Crippen molar-refractivity contribution in [1.29, 1.82) is 0 Å². The third-order valence-electron chi connectivity index (χ3n) is 6.14. The molecule has 9 heteroatoms. The van der Waals surface area contributed by atoms with Crippen molar-refractivity contribution in [3.8, 4) is 0 Å². The zero-order valence-corrected chi connectivity index (χ0v) is 19.6. The van der Waals surface area contributed by atoms with Crippen LogP contribution in [0.2, 0.25) is 0 Å². The second kappa shape index (κ2) is 12.0. The number of nitro benzene ring substituents is 1. The molecular weight excluding hydrogens is 451 g/mol. The van der Waals surface area contributed by atoms with Crippen molar-refractivity contribution >= 4 is 42.1 Å². The molecule has 1 amide bonds. The van der Waals surface area contributed by atoms with Crippen molar-refractivity contribution in [2.75, 3.05) is 37.6 Å². The van der Waals surface area contributed by atoms with Crippen LogP contribution in [0.5, 0.6) is 0 Å². The Labute approximate surface area is 201 Å². The van der Waals surface area contributed by atoms with E-state index in [1.54, 1.807) is 0 Å². The van der Waals surface area contributed by atoms with Crippen LogP contribution < -0.4 is 10.2 Å². The summed E-state index contributed by atoms with van der Waals surface area (Å²) in [6, 6.07) is 15.1. The summed E-state index contributed by atoms with van der Waals surface area (Å²) in [5.74, 6) is -0.181. The van der Waals surface area contributed by atoms with Crippen LogP contribution >= 0.6 is 24.8 Å². The van der Waals surface area contributed by atoms with Crippen LogP contribution in [0.15, 0.2) is 48.5 Å². The molecule has 0 aromatic heterocycles. The highest BCUT2D eigenvalue weighted by atomic mass is 35.5. The van der Waals surface area contributed by atoms with Gasteiger partial charge in [-0.05, 0) is 56.0 Å². The Morgan fingerprint density at radius 1 is 1.06 bits per heavy atom. The third kappa shape index (κ3) is 6.12. The number of fused-ring (bicyclic) bond motifs is 3. The lowest BCUT2D eigenvalue weighted by molar-refractivity contribution is -0.384. The lowest BCUT2D eigenvalue weighted by Gasteiger charge is -2.46. The van der Waals surface area contributed by atoms with E-state index in [1.165, 1.54) is 48.4 Å². The van der Waals surface area contributed by atoms with Gasteiger partial charge in [0.1, 0.15) is 0 Å². The summed E-state index contributed by atoms with van der Waals surface area (Å²) in [7, 11) is 0. The molecule has 0 saturated carbocycles. The Hall–Kier alpha value is -2.35. The van der Waals surface area contributed by atoms with Gasteiger partial charge in [0.15, 0.2) is 0 Å². The Balaban J connectivity index is 0.00000181. The van der Waals surface area contributed by atoms with Crippen molar-refractivity contribution < 1.29 is 9.72 Å². The summed E-state index contributed by atoms with van der Waals surface area (Å²) in [6.45, 7) is 4.95. The SMILES string of the molecule is Cl.Cl.O=C(NCCCCN1CCN2c3ccccc3CCC2C1)c1ccc([N+](=O)[O-])cc1. The van der Waals surface area contributed by atoms with Crippen LogP contribution in [-0.2, 0) is 6.42 Å². The van der Waals surface area contributed by atoms with E-state index in [-0.39, 0.29) is 36.4 Å². The molecule has 32 heavy (non-hydrogen) atoms. The molecule has 7 nitrogen and oxygen atoms in total. The maximum absolute atomic E-state index is 12.2. The second-order valence-corrected chi connectivity index (χ2v) is 8.08. The molecule has 2 aliphatic heterocycles. The number of halogens is 2. The topological polar surface area (TPSA) is 78.7 Å². The number of anilines is 1. The molecule has 2 aromatic carbocycles. The molecule has 4 rings (SSSR count). The summed E-state index contributed by atoms with van der Waals surface area (Å²) in [5, 5.41) is 13.6. The molecule has 2 aromatic rings. The lowest BCUT2D eigenvalue weighted by atomic mass is 9.94. The van der Waals surface area contributed by atoms with Crippen molar-refractivity contribution in [1.82, 2.24) is 10.2 Å². The summed E-state index contributed by atoms with van der Waals surface area (Å²) in [5.41, 5.74) is 3.34. The van der Waals surface area contributed by atoms with Crippen molar-refractivity contribution in [3.63, 3.8) is 0 Å². The molecular formula is C23H30Cl2N4O3. The predicted molar refractivity (Wildman–Crippen MR) is 131 cm³/mol. The van der Waals surface area contributed by atoms with Gasteiger partial charge in [-0.1, -0.05) is 18.2 Å². The first-order valence-electron chi connectivity index (χ1n) is 10.7. The summed E-state index contributed by atoms with van der Waals surface area (Å²) in [4.78, 5) is 27.5. The molecule has 2 aliphatic rings. The minimum absolute atomic E-state index is 0. The molecule has 1 fully saturated rings. The third-order valence-corrected chi connectivity index (χ3v) is 6.14. The maximum Gasteiger partial charge on any atom is 0.269 e. The fourth-order valence-corrected chi connectivity index (χ4v) is 4.51. The monoisotopic (exact) mass is 480 g/mol. The van der Waals surface area contributed by atoms with E-state index < -0.39 is 4.92 Å². The molecule has 2 heterocycles. The average molecular weight is 481 g/mol. The number of benzene rings is 2. The van der Waals surface area contributed by atoms with Crippen molar-refractivity contribution in [2.45, 2.75) is 31.7 Å². The number of amides is 1. The first kappa shape index (κ1) is 25.9. The van der Waals surface area contributed by atoms with Crippen LogP contribution in [0.1, 0.15) is 35.2 Å². The number of hydrogen-bond acceptors (Lipinski definition) is 5. The van der Waals surface area contributed by atoms with Gasteiger partial charge in [0.25, 0.3) is 11.6 Å². The van der Waals surface area contributed by atoms with Gasteiger partial charge < -0.3 is 10.2 Å². The number of nitrogens with zero attached hydrogens (tertiary/aromatic N) is 3. The van der Waals surface area contributed by atoms with E-state index in [2.05, 4.69) is 39.4 Å². The van der Waals surface area contributed by atoms with E-state index in [1.807, 2.05) is 0 Å². The number of aryl methyl sites for hydroxylation is 1. The van der Waals surface area contributed by atoms with Crippen molar-refractivity contribution in [3.05, 3.63) is 69.8 Å². The normalized spacial score (nSPS) is 17.2. The highest BCUT2D eigenvalue weighted by Crippen LogP contribution is 2.32. The van der Waals surface area contributed by atoms with Crippen LogP contribution in [-0.4, -0.2) is 54.5 Å². The quantitative estimate of drug-likeness (QED) is 0.366. The number of nitrogens with one attached hydrogen (secondary N) is 1. The predicted octanol–water partition coefficient (Wildman–Crippen LogP) is 4.09. The van der Waals surface area contributed by atoms with Crippen molar-refractivity contribution in [2.24, 2.45) is 0 Å². The number of piperazine rings is 1. The lowest BCUT2D eigenvalue weighted by Crippen LogP contribution is -2.55. The summed E-state index contributed by atoms with van der Waals surface area (Å²) in [6.07, 6.45) is 4.36. The Morgan fingerprint density at radius 3 is 2.56 bits per heavy atom. The van der Waals surface area contributed by atoms with E-state index in [0.717, 1.165) is 39.0 Å². The maximum atomic E-state index is 12.2. The zero-order valence-electron chi connectivity index (χ0n) is 17.9. The molecule has 0 bridgehead atoms. The highest BCUT2D eigenvalue weighted by molar-refractivity contribution is 5.94. The number of para-hydroxylation sites is 1. The number of carbonyl (C=O) groups is 1. The van der Waals surface area contributed by atoms with Crippen LogP contribution in [0.25, 0.3) is 0 Å². The minimum atomic E-state index is -0.465. The molecule has 1 atom stereocenters. The van der Waals surface area contributed by atoms with Gasteiger partial charge in [-0.15, -0.1) is 24.8 Å². The van der Waals surface area contributed by atoms with Gasteiger partial charge in [0, 0.05) is 55.6 Å². The Bertz CT molecular complexity index is 910. The number of unbranched alkanes of at least 4 members (excludes halogenated alkanes) is 1. The first-order chi connectivity index (χ1) is 14.6. The number of carbonyl (C=O) groups excluding carboxylic acids is 1.